The standard InChI is InChI=1S/C11H17NO3/c1-8(13)4-5-12-7-9-2-3-10(14)6-11(9)15/h2-3,6,8,12-15H,4-5,7H2,1H3. The van der Waals surface area contributed by atoms with Crippen molar-refractivity contribution < 1.29 is 15.3 Å². The lowest BCUT2D eigenvalue weighted by atomic mass is 10.2. The lowest BCUT2D eigenvalue weighted by Gasteiger charge is -2.08. The smallest absolute Gasteiger partial charge is 0.123 e. The van der Waals surface area contributed by atoms with Gasteiger partial charge in [0.15, 0.2) is 0 Å². The van der Waals surface area contributed by atoms with Crippen molar-refractivity contribution in [3.8, 4) is 11.5 Å². The number of hydrogen-bond donors (Lipinski definition) is 4. The maximum Gasteiger partial charge on any atom is 0.123 e. The van der Waals surface area contributed by atoms with Crippen molar-refractivity contribution in [2.45, 2.75) is 26.0 Å². The molecule has 15 heavy (non-hydrogen) atoms. The van der Waals surface area contributed by atoms with Crippen LogP contribution < -0.4 is 5.32 Å². The van der Waals surface area contributed by atoms with Crippen molar-refractivity contribution >= 4 is 0 Å². The van der Waals surface area contributed by atoms with E-state index >= 15 is 0 Å². The Bertz CT molecular complexity index is 313. The Balaban J connectivity index is 2.37. The highest BCUT2D eigenvalue weighted by Gasteiger charge is 2.01. The van der Waals surface area contributed by atoms with E-state index in [2.05, 4.69) is 5.32 Å². The number of aliphatic hydroxyl groups excluding tert-OH is 1. The molecular formula is C11H17NO3. The molecule has 0 saturated carbocycles. The molecule has 0 saturated heterocycles. The normalized spacial score (nSPS) is 12.7. The van der Waals surface area contributed by atoms with Crippen molar-refractivity contribution in [1.29, 1.82) is 0 Å². The molecule has 0 spiro atoms. The summed E-state index contributed by atoms with van der Waals surface area (Å²) in [6.45, 7) is 2.95. The molecule has 1 atom stereocenters. The summed E-state index contributed by atoms with van der Waals surface area (Å²) in [6, 6.07) is 4.51. The van der Waals surface area contributed by atoms with Gasteiger partial charge in [-0.3, -0.25) is 0 Å². The van der Waals surface area contributed by atoms with E-state index in [4.69, 9.17) is 10.2 Å². The molecule has 84 valence electrons. The van der Waals surface area contributed by atoms with Crippen molar-refractivity contribution in [3.05, 3.63) is 23.8 Å². The second kappa shape index (κ2) is 5.58. The minimum absolute atomic E-state index is 0.0558. The number of aliphatic hydroxyl groups is 1. The van der Waals surface area contributed by atoms with Crippen LogP contribution in [0, 0.1) is 0 Å². The molecule has 4 heteroatoms. The van der Waals surface area contributed by atoms with Crippen molar-refractivity contribution in [2.75, 3.05) is 6.54 Å². The zero-order valence-electron chi connectivity index (χ0n) is 8.77. The highest BCUT2D eigenvalue weighted by molar-refractivity contribution is 5.38. The van der Waals surface area contributed by atoms with Crippen LogP contribution in [0.1, 0.15) is 18.9 Å². The fraction of sp³-hybridized carbons (Fsp3) is 0.455. The quantitative estimate of drug-likeness (QED) is 0.547. The average Bonchev–Trinajstić information content (AvgIpc) is 2.14. The Kier molecular flexibility index (Phi) is 4.39. The molecule has 1 aromatic carbocycles. The number of aromatic hydroxyl groups is 2. The maximum absolute atomic E-state index is 9.45. The molecule has 4 N–H and O–H groups in total. The molecule has 0 bridgehead atoms. The summed E-state index contributed by atoms with van der Waals surface area (Å²) < 4.78 is 0. The molecule has 1 unspecified atom stereocenters. The van der Waals surface area contributed by atoms with Crippen LogP contribution in [0.15, 0.2) is 18.2 Å². The fourth-order valence-corrected chi connectivity index (χ4v) is 1.24. The Morgan fingerprint density at radius 2 is 2.07 bits per heavy atom. The lowest BCUT2D eigenvalue weighted by Crippen LogP contribution is -2.18. The fourth-order valence-electron chi connectivity index (χ4n) is 1.24. The van der Waals surface area contributed by atoms with Gasteiger partial charge < -0.3 is 20.6 Å². The molecule has 1 rings (SSSR count). The van der Waals surface area contributed by atoms with Crippen LogP contribution in [0.3, 0.4) is 0 Å². The molecule has 0 radical (unpaired) electrons. The predicted octanol–water partition coefficient (Wildman–Crippen LogP) is 0.958. The van der Waals surface area contributed by atoms with E-state index in [9.17, 15) is 5.11 Å². The highest BCUT2D eigenvalue weighted by Crippen LogP contribution is 2.22. The summed E-state index contributed by atoms with van der Waals surface area (Å²) in [5.41, 5.74) is 0.735. The highest BCUT2D eigenvalue weighted by atomic mass is 16.3. The predicted molar refractivity (Wildman–Crippen MR) is 57.8 cm³/mol. The second-order valence-electron chi connectivity index (χ2n) is 3.63. The monoisotopic (exact) mass is 211 g/mol. The number of phenolic OH excluding ortho intramolecular Hbond substituents is 2. The van der Waals surface area contributed by atoms with E-state index in [-0.39, 0.29) is 17.6 Å². The molecule has 0 heterocycles. The van der Waals surface area contributed by atoms with Crippen LogP contribution in [0.2, 0.25) is 0 Å². The maximum atomic E-state index is 9.45. The first-order valence-electron chi connectivity index (χ1n) is 4.99. The molecule has 0 amide bonds. The van der Waals surface area contributed by atoms with Gasteiger partial charge in [-0.15, -0.1) is 0 Å². The van der Waals surface area contributed by atoms with E-state index in [1.54, 1.807) is 13.0 Å². The number of benzene rings is 1. The molecule has 0 aliphatic carbocycles. The van der Waals surface area contributed by atoms with Crippen molar-refractivity contribution in [2.24, 2.45) is 0 Å². The van der Waals surface area contributed by atoms with Gasteiger partial charge in [0.05, 0.1) is 6.10 Å². The third kappa shape index (κ3) is 4.18. The largest absolute Gasteiger partial charge is 0.508 e. The first kappa shape index (κ1) is 11.8. The molecule has 1 aromatic rings. The Morgan fingerprint density at radius 3 is 2.67 bits per heavy atom. The van der Waals surface area contributed by atoms with E-state index in [0.29, 0.717) is 19.5 Å². The molecule has 0 aliphatic heterocycles. The van der Waals surface area contributed by atoms with Gasteiger partial charge in [-0.1, -0.05) is 6.07 Å². The lowest BCUT2D eigenvalue weighted by molar-refractivity contribution is 0.183. The first-order chi connectivity index (χ1) is 7.09. The molecule has 0 aromatic heterocycles. The average molecular weight is 211 g/mol. The number of phenols is 2. The van der Waals surface area contributed by atoms with Crippen LogP contribution in [0.5, 0.6) is 11.5 Å². The summed E-state index contributed by atoms with van der Waals surface area (Å²) >= 11 is 0. The zero-order valence-corrected chi connectivity index (χ0v) is 8.77. The van der Waals surface area contributed by atoms with Gasteiger partial charge in [-0.05, 0) is 26.0 Å². The molecule has 4 nitrogen and oxygen atoms in total. The topological polar surface area (TPSA) is 72.7 Å². The van der Waals surface area contributed by atoms with Gasteiger partial charge in [0.2, 0.25) is 0 Å². The summed E-state index contributed by atoms with van der Waals surface area (Å²) in [5.74, 6) is 0.139. The van der Waals surface area contributed by atoms with Crippen molar-refractivity contribution in [1.82, 2.24) is 5.32 Å². The SMILES string of the molecule is CC(O)CCNCc1ccc(O)cc1O. The van der Waals surface area contributed by atoms with E-state index in [1.165, 1.54) is 12.1 Å². The summed E-state index contributed by atoms with van der Waals surface area (Å²) in [6.07, 6.45) is 0.365. The minimum Gasteiger partial charge on any atom is -0.508 e. The molecule has 0 aliphatic rings. The Labute approximate surface area is 89.2 Å². The zero-order chi connectivity index (χ0) is 11.3. The van der Waals surface area contributed by atoms with Gasteiger partial charge in [0, 0.05) is 18.2 Å². The second-order valence-corrected chi connectivity index (χ2v) is 3.63. The van der Waals surface area contributed by atoms with Crippen molar-refractivity contribution in [3.63, 3.8) is 0 Å². The Morgan fingerprint density at radius 1 is 1.33 bits per heavy atom. The number of rotatable bonds is 5. The summed E-state index contributed by atoms with van der Waals surface area (Å²) in [4.78, 5) is 0. The van der Waals surface area contributed by atoms with Gasteiger partial charge >= 0.3 is 0 Å². The van der Waals surface area contributed by atoms with E-state index in [0.717, 1.165) is 5.56 Å². The van der Waals surface area contributed by atoms with Gasteiger partial charge in [0.25, 0.3) is 0 Å². The van der Waals surface area contributed by atoms with Gasteiger partial charge in [-0.2, -0.15) is 0 Å². The molecular weight excluding hydrogens is 194 g/mol. The molecule has 0 fully saturated rings. The summed E-state index contributed by atoms with van der Waals surface area (Å²) in [5, 5.41) is 30.6. The van der Waals surface area contributed by atoms with E-state index in [1.807, 2.05) is 0 Å². The van der Waals surface area contributed by atoms with Crippen LogP contribution in [0.25, 0.3) is 0 Å². The van der Waals surface area contributed by atoms with E-state index < -0.39 is 0 Å². The van der Waals surface area contributed by atoms with Gasteiger partial charge in [-0.25, -0.2) is 0 Å². The van der Waals surface area contributed by atoms with Crippen LogP contribution in [-0.2, 0) is 6.54 Å². The van der Waals surface area contributed by atoms with Gasteiger partial charge in [0.1, 0.15) is 11.5 Å². The number of hydrogen-bond acceptors (Lipinski definition) is 4. The van der Waals surface area contributed by atoms with Crippen LogP contribution in [-0.4, -0.2) is 28.0 Å². The third-order valence-electron chi connectivity index (χ3n) is 2.12. The van der Waals surface area contributed by atoms with Crippen LogP contribution >= 0.6 is 0 Å². The minimum atomic E-state index is -0.314. The number of nitrogens with one attached hydrogen (secondary N) is 1. The Hall–Kier alpha value is -1.26. The van der Waals surface area contributed by atoms with Crippen LogP contribution in [0.4, 0.5) is 0 Å². The third-order valence-corrected chi connectivity index (χ3v) is 2.12. The summed E-state index contributed by atoms with van der Waals surface area (Å²) in [7, 11) is 0. The first-order valence-corrected chi connectivity index (χ1v) is 4.99.